The molecular formula is C20H26N2O. The van der Waals surface area contributed by atoms with E-state index < -0.39 is 0 Å². The van der Waals surface area contributed by atoms with Gasteiger partial charge in [-0.1, -0.05) is 37.3 Å². The molecule has 0 aromatic heterocycles. The zero-order valence-electron chi connectivity index (χ0n) is 13.8. The lowest BCUT2D eigenvalue weighted by Gasteiger charge is -2.36. The van der Waals surface area contributed by atoms with E-state index in [4.69, 9.17) is 10.5 Å². The Labute approximate surface area is 139 Å². The minimum atomic E-state index is 0.279. The maximum Gasteiger partial charge on any atom is 0.127 e. The maximum atomic E-state index is 6.09. The summed E-state index contributed by atoms with van der Waals surface area (Å²) in [5, 5.41) is 0. The normalized spacial score (nSPS) is 17.8. The Bertz CT molecular complexity index is 606. The van der Waals surface area contributed by atoms with Gasteiger partial charge in [0.2, 0.25) is 0 Å². The number of hydrogen-bond donors (Lipinski definition) is 1. The third kappa shape index (κ3) is 4.12. The van der Waals surface area contributed by atoms with Crippen LogP contribution in [0, 0.1) is 5.92 Å². The molecule has 2 aromatic rings. The smallest absolute Gasteiger partial charge is 0.127 e. The van der Waals surface area contributed by atoms with Crippen LogP contribution in [0.2, 0.25) is 0 Å². The maximum absolute atomic E-state index is 6.09. The summed E-state index contributed by atoms with van der Waals surface area (Å²) >= 11 is 0. The van der Waals surface area contributed by atoms with Gasteiger partial charge in [-0.3, -0.25) is 4.90 Å². The Balaban J connectivity index is 1.74. The van der Waals surface area contributed by atoms with Gasteiger partial charge in [0.05, 0.1) is 0 Å². The number of nitrogens with two attached hydrogens (primary N) is 1. The molecule has 122 valence electrons. The molecule has 3 nitrogen and oxygen atoms in total. The van der Waals surface area contributed by atoms with Crippen molar-refractivity contribution in [2.45, 2.75) is 25.8 Å². The van der Waals surface area contributed by atoms with Crippen molar-refractivity contribution in [1.82, 2.24) is 4.90 Å². The first-order valence-corrected chi connectivity index (χ1v) is 8.53. The van der Waals surface area contributed by atoms with Crippen LogP contribution < -0.4 is 10.5 Å². The minimum absolute atomic E-state index is 0.279. The number of para-hydroxylation sites is 1. The van der Waals surface area contributed by atoms with Gasteiger partial charge in [-0.05, 0) is 61.7 Å². The van der Waals surface area contributed by atoms with Crippen molar-refractivity contribution in [1.29, 1.82) is 0 Å². The molecule has 2 aromatic carbocycles. The van der Waals surface area contributed by atoms with Gasteiger partial charge < -0.3 is 10.5 Å². The zero-order valence-corrected chi connectivity index (χ0v) is 13.8. The van der Waals surface area contributed by atoms with Crippen LogP contribution in [0.25, 0.3) is 0 Å². The number of nitrogens with zero attached hydrogens (tertiary/aromatic N) is 1. The van der Waals surface area contributed by atoms with E-state index in [1.165, 1.54) is 18.4 Å². The van der Waals surface area contributed by atoms with Crippen LogP contribution in [0.4, 0.5) is 0 Å². The van der Waals surface area contributed by atoms with Crippen molar-refractivity contribution in [3.05, 3.63) is 60.2 Å². The average Bonchev–Trinajstić information content (AvgIpc) is 2.59. The Morgan fingerprint density at radius 2 is 1.74 bits per heavy atom. The molecular weight excluding hydrogens is 284 g/mol. The van der Waals surface area contributed by atoms with Crippen molar-refractivity contribution < 1.29 is 4.74 Å². The first-order chi connectivity index (χ1) is 11.3. The minimum Gasteiger partial charge on any atom is -0.457 e. The van der Waals surface area contributed by atoms with Crippen LogP contribution in [0.1, 0.15) is 31.4 Å². The Morgan fingerprint density at radius 1 is 1.04 bits per heavy atom. The van der Waals surface area contributed by atoms with Crippen molar-refractivity contribution in [2.24, 2.45) is 11.7 Å². The molecule has 1 unspecified atom stereocenters. The molecule has 0 radical (unpaired) electrons. The van der Waals surface area contributed by atoms with E-state index in [-0.39, 0.29) is 6.04 Å². The second-order valence-corrected chi connectivity index (χ2v) is 6.46. The van der Waals surface area contributed by atoms with Crippen molar-refractivity contribution >= 4 is 0 Å². The third-order valence-corrected chi connectivity index (χ3v) is 4.70. The van der Waals surface area contributed by atoms with Gasteiger partial charge in [-0.2, -0.15) is 0 Å². The number of likely N-dealkylation sites (tertiary alicyclic amines) is 1. The molecule has 0 amide bonds. The molecule has 23 heavy (non-hydrogen) atoms. The van der Waals surface area contributed by atoms with Crippen molar-refractivity contribution in [2.75, 3.05) is 19.6 Å². The molecule has 3 rings (SSSR count). The number of hydrogen-bond acceptors (Lipinski definition) is 3. The average molecular weight is 310 g/mol. The summed E-state index contributed by atoms with van der Waals surface area (Å²) in [4.78, 5) is 2.52. The lowest BCUT2D eigenvalue weighted by molar-refractivity contribution is 0.141. The highest BCUT2D eigenvalue weighted by molar-refractivity contribution is 5.35. The van der Waals surface area contributed by atoms with Crippen LogP contribution in [-0.4, -0.2) is 24.5 Å². The van der Waals surface area contributed by atoms with Crippen molar-refractivity contribution in [3.63, 3.8) is 0 Å². The fraction of sp³-hybridized carbons (Fsp3) is 0.400. The highest BCUT2D eigenvalue weighted by atomic mass is 16.5. The monoisotopic (exact) mass is 310 g/mol. The summed E-state index contributed by atoms with van der Waals surface area (Å²) in [6.45, 7) is 5.24. The highest BCUT2D eigenvalue weighted by Gasteiger charge is 2.23. The van der Waals surface area contributed by atoms with Crippen LogP contribution in [0.5, 0.6) is 11.5 Å². The van der Waals surface area contributed by atoms with Crippen LogP contribution in [0.3, 0.4) is 0 Å². The van der Waals surface area contributed by atoms with Gasteiger partial charge in [-0.15, -0.1) is 0 Å². The Hall–Kier alpha value is -1.84. The molecule has 0 aliphatic carbocycles. The summed E-state index contributed by atoms with van der Waals surface area (Å²) in [7, 11) is 0. The van der Waals surface area contributed by atoms with E-state index in [0.29, 0.717) is 6.54 Å². The summed E-state index contributed by atoms with van der Waals surface area (Å²) < 4.78 is 5.96. The lowest BCUT2D eigenvalue weighted by atomic mass is 9.95. The first-order valence-electron chi connectivity index (χ1n) is 8.53. The van der Waals surface area contributed by atoms with Crippen LogP contribution >= 0.6 is 0 Å². The van der Waals surface area contributed by atoms with Gasteiger partial charge in [0.15, 0.2) is 0 Å². The predicted octanol–water partition coefficient (Wildman–Crippen LogP) is 4.21. The molecule has 1 fully saturated rings. The van der Waals surface area contributed by atoms with Gasteiger partial charge >= 0.3 is 0 Å². The van der Waals surface area contributed by atoms with Crippen LogP contribution in [-0.2, 0) is 0 Å². The van der Waals surface area contributed by atoms with E-state index in [1.807, 2.05) is 36.4 Å². The van der Waals surface area contributed by atoms with Crippen LogP contribution in [0.15, 0.2) is 54.6 Å². The molecule has 2 N–H and O–H groups in total. The molecule has 0 spiro atoms. The highest BCUT2D eigenvalue weighted by Crippen LogP contribution is 2.29. The second-order valence-electron chi connectivity index (χ2n) is 6.46. The number of rotatable bonds is 5. The largest absolute Gasteiger partial charge is 0.457 e. The van der Waals surface area contributed by atoms with E-state index >= 15 is 0 Å². The summed E-state index contributed by atoms with van der Waals surface area (Å²) in [6, 6.07) is 18.5. The molecule has 1 aliphatic rings. The van der Waals surface area contributed by atoms with Crippen molar-refractivity contribution in [3.8, 4) is 11.5 Å². The Morgan fingerprint density at radius 3 is 2.43 bits per heavy atom. The van der Waals surface area contributed by atoms with E-state index in [1.54, 1.807) is 0 Å². The van der Waals surface area contributed by atoms with E-state index in [9.17, 15) is 0 Å². The van der Waals surface area contributed by atoms with E-state index in [0.717, 1.165) is 30.5 Å². The summed E-state index contributed by atoms with van der Waals surface area (Å²) in [5.41, 5.74) is 7.34. The van der Waals surface area contributed by atoms with Gasteiger partial charge in [0, 0.05) is 12.6 Å². The molecule has 3 heteroatoms. The quantitative estimate of drug-likeness (QED) is 0.899. The van der Waals surface area contributed by atoms with E-state index in [2.05, 4.69) is 30.0 Å². The predicted molar refractivity (Wildman–Crippen MR) is 94.7 cm³/mol. The fourth-order valence-electron chi connectivity index (χ4n) is 3.25. The van der Waals surface area contributed by atoms with Gasteiger partial charge in [0.1, 0.15) is 11.5 Å². The fourth-order valence-corrected chi connectivity index (χ4v) is 3.25. The Kier molecular flexibility index (Phi) is 5.31. The molecule has 0 saturated carbocycles. The summed E-state index contributed by atoms with van der Waals surface area (Å²) in [6.07, 6.45) is 2.52. The molecule has 1 saturated heterocycles. The lowest BCUT2D eigenvalue weighted by Crippen LogP contribution is -2.39. The number of ether oxygens (including phenoxy) is 1. The second kappa shape index (κ2) is 7.62. The molecule has 1 aliphatic heterocycles. The third-order valence-electron chi connectivity index (χ3n) is 4.70. The number of benzene rings is 2. The zero-order chi connectivity index (χ0) is 16.1. The topological polar surface area (TPSA) is 38.5 Å². The van der Waals surface area contributed by atoms with Gasteiger partial charge in [-0.25, -0.2) is 0 Å². The summed E-state index contributed by atoms with van der Waals surface area (Å²) in [5.74, 6) is 2.57. The molecule has 1 atom stereocenters. The van der Waals surface area contributed by atoms with Gasteiger partial charge in [0.25, 0.3) is 0 Å². The first kappa shape index (κ1) is 16.0. The SMILES string of the molecule is CC1CCN(C(CN)c2cccc(Oc3ccccc3)c2)CC1. The number of piperidine rings is 1. The standard InChI is InChI=1S/C20H26N2O/c1-16-10-12-22(13-11-16)20(15-21)17-6-5-9-19(14-17)23-18-7-3-2-4-8-18/h2-9,14,16,20H,10-13,15,21H2,1H3. The molecule has 1 heterocycles. The molecule has 0 bridgehead atoms.